The standard InChI is InChI=1S/C18H17BrClFN2O3S.2C18H18BrClN2O3S.C13H13ClF4N2O3S.C13H15ClFNO4S/c19-13-3-6-15(7-4-13)27(25,26)23-9-1-2-12(11-23)18(24)22-14-5-8-16(20)17(21)10-14;19-16-11-14(8-9-17(16)20)21-18(23)13-5-4-10-22(12-13)26(24,25)15-6-2-1-3-7-15;19-16-9-8-14(11-17(16)20)21-18(23)13-5-4-10-22(12-13)26(24,25)15-6-2-1-3-7-15;14-10-4-3-9(6-11(10)15)19-12(21)8-2-1-5-20(7-8)24(22,23)13(16,17)18;1-21(18,19)16-6-2-3-9(8-16)13(17)20-10-4-5-11(14)12(15)7-10/h3-8,10,12H,1-2,9,11H2,(H,22,24);2*1-3,6-9,11,13H,4-5,10,12H2,(H,21,23);3-4,6,8H,1-2,5,7H2,(H,19,21);4-5,7,9H,2-3,6,8H2,1H3/t12-;2*13-;8-;9-/m00000/s1. The number of carbonyl (C=O) groups is 5. The van der Waals surface area contributed by atoms with E-state index in [9.17, 15) is 92.4 Å². The van der Waals surface area contributed by atoms with E-state index in [2.05, 4.69) is 69.1 Å². The Morgan fingerprint density at radius 2 is 0.694 bits per heavy atom. The molecule has 4 N–H and O–H groups in total. The highest BCUT2D eigenvalue weighted by atomic mass is 79.9. The minimum Gasteiger partial charge on any atom is -0.426 e. The molecule has 5 aliphatic heterocycles. The molecule has 124 heavy (non-hydrogen) atoms. The number of anilines is 4. The van der Waals surface area contributed by atoms with Crippen molar-refractivity contribution in [2.75, 3.05) is 93.0 Å². The molecule has 0 saturated carbocycles. The number of sulfonamides is 5. The molecule has 0 aliphatic carbocycles. The molecular weight excluding hydrogens is 2030 g/mol. The Hall–Kier alpha value is -6.87. The average Bonchev–Trinajstić information content (AvgIpc) is 0.783. The first-order valence-electron chi connectivity index (χ1n) is 37.9. The van der Waals surface area contributed by atoms with Gasteiger partial charge in [-0.05, 0) is 230 Å². The van der Waals surface area contributed by atoms with Crippen LogP contribution in [0.2, 0.25) is 25.1 Å². The lowest BCUT2D eigenvalue weighted by Crippen LogP contribution is -2.48. The van der Waals surface area contributed by atoms with Gasteiger partial charge in [0.15, 0.2) is 0 Å². The topological polar surface area (TPSA) is 330 Å². The SMILES string of the molecule is CS(=O)(=O)N1CCC[C@H](C(=O)Oc2ccc(Cl)c(F)c2)C1.O=C(Nc1ccc(Br)c(Cl)c1)[C@H]1CCCN(S(=O)(=O)c2ccccc2)C1.O=C(Nc1ccc(Cl)c(Br)c1)[C@H]1CCCN(S(=O)(=O)c2ccccc2)C1.O=C(Nc1ccc(Cl)c(F)c1)[C@H]1CCCN(S(=O)(=O)C(F)(F)F)C1.O=C(Nc1ccc(Cl)c(F)c1)[C@H]1CCCN(S(=O)(=O)c2ccc(Br)cc2)C1. The molecule has 13 rings (SSSR count). The third-order valence-corrected chi connectivity index (χ3v) is 32.3. The van der Waals surface area contributed by atoms with Crippen molar-refractivity contribution in [3.8, 4) is 5.75 Å². The van der Waals surface area contributed by atoms with Gasteiger partial charge in [0.1, 0.15) is 23.2 Å². The van der Waals surface area contributed by atoms with Crippen LogP contribution < -0.4 is 26.0 Å². The maximum absolute atomic E-state index is 13.5. The van der Waals surface area contributed by atoms with Gasteiger partial charge >= 0.3 is 21.5 Å². The number of nitrogens with zero attached hydrogens (tertiary/aromatic N) is 5. The van der Waals surface area contributed by atoms with E-state index in [0.717, 1.165) is 33.4 Å². The monoisotopic (exact) mass is 2110 g/mol. The van der Waals surface area contributed by atoms with Gasteiger partial charge in [-0.3, -0.25) is 24.0 Å². The molecule has 8 aromatic carbocycles. The molecule has 0 radical (unpaired) electrons. The minimum absolute atomic E-state index is 0.0302. The quantitative estimate of drug-likeness (QED) is 0.0352. The molecular formula is C80H81Br3Cl5F6N9O16S5. The molecule has 25 nitrogen and oxygen atoms in total. The van der Waals surface area contributed by atoms with Gasteiger partial charge in [0.25, 0.3) is 0 Å². The van der Waals surface area contributed by atoms with Crippen LogP contribution in [0.4, 0.5) is 49.1 Å². The lowest BCUT2D eigenvalue weighted by atomic mass is 9.98. The van der Waals surface area contributed by atoms with Crippen LogP contribution in [0.1, 0.15) is 64.2 Å². The molecule has 0 unspecified atom stereocenters. The predicted molar refractivity (Wildman–Crippen MR) is 473 cm³/mol. The molecule has 5 heterocycles. The van der Waals surface area contributed by atoms with Gasteiger partial charge in [0, 0.05) is 108 Å². The van der Waals surface area contributed by atoms with Crippen LogP contribution in [-0.2, 0) is 74.1 Å². The minimum atomic E-state index is -5.48. The van der Waals surface area contributed by atoms with E-state index < -0.39 is 121 Å². The van der Waals surface area contributed by atoms with Crippen molar-refractivity contribution < 1.29 is 97.1 Å². The average molecular weight is 2120 g/mol. The van der Waals surface area contributed by atoms with Crippen molar-refractivity contribution in [1.29, 1.82) is 0 Å². The molecule has 44 heteroatoms. The van der Waals surface area contributed by atoms with E-state index in [1.807, 2.05) is 0 Å². The van der Waals surface area contributed by atoms with Gasteiger partial charge in [-0.2, -0.15) is 30.4 Å². The van der Waals surface area contributed by atoms with Gasteiger partial charge in [0.2, 0.25) is 63.7 Å². The smallest absolute Gasteiger partial charge is 0.426 e. The molecule has 5 saturated heterocycles. The number of carbonyl (C=O) groups excluding carboxylic acids is 5. The van der Waals surface area contributed by atoms with E-state index in [4.69, 9.17) is 62.7 Å². The van der Waals surface area contributed by atoms with Crippen LogP contribution in [0, 0.1) is 47.0 Å². The summed E-state index contributed by atoms with van der Waals surface area (Å²) in [6.45, 7) is 1.25. The maximum atomic E-state index is 13.5. The highest BCUT2D eigenvalue weighted by Gasteiger charge is 2.51. The molecule has 0 spiro atoms. The zero-order valence-corrected chi connectivity index (χ0v) is 78.0. The summed E-state index contributed by atoms with van der Waals surface area (Å²) in [5.41, 5.74) is -3.84. The van der Waals surface area contributed by atoms with Crippen molar-refractivity contribution in [2.45, 2.75) is 84.4 Å². The molecule has 670 valence electrons. The third kappa shape index (κ3) is 28.1. The second kappa shape index (κ2) is 44.9. The predicted octanol–water partition coefficient (Wildman–Crippen LogP) is 17.6. The summed E-state index contributed by atoms with van der Waals surface area (Å²) in [5.74, 6) is -6.80. The normalized spacial score (nSPS) is 19.0. The number of hydrogen-bond acceptors (Lipinski definition) is 16. The second-order valence-corrected chi connectivity index (χ2v) is 43.2. The zero-order chi connectivity index (χ0) is 90.8. The van der Waals surface area contributed by atoms with Crippen molar-refractivity contribution in [3.05, 3.63) is 232 Å². The first kappa shape index (κ1) is 101. The first-order chi connectivity index (χ1) is 58.3. The second-order valence-electron chi connectivity index (χ2n) is 28.8. The van der Waals surface area contributed by atoms with Crippen LogP contribution >= 0.6 is 106 Å². The maximum Gasteiger partial charge on any atom is 0.511 e. The molecule has 0 aromatic heterocycles. The largest absolute Gasteiger partial charge is 0.511 e. The fourth-order valence-electron chi connectivity index (χ4n) is 13.3. The van der Waals surface area contributed by atoms with E-state index in [-0.39, 0.29) is 114 Å². The molecule has 5 fully saturated rings. The summed E-state index contributed by atoms with van der Waals surface area (Å²) >= 11 is 38.6. The Kier molecular flexibility index (Phi) is 36.5. The third-order valence-electron chi connectivity index (χ3n) is 19.9. The molecule has 5 atom stereocenters. The zero-order valence-electron chi connectivity index (χ0n) is 65.4. The van der Waals surface area contributed by atoms with Crippen LogP contribution in [0.15, 0.2) is 204 Å². The van der Waals surface area contributed by atoms with Crippen LogP contribution in [-0.4, -0.2) is 170 Å². The van der Waals surface area contributed by atoms with E-state index in [0.29, 0.717) is 103 Å². The lowest BCUT2D eigenvalue weighted by molar-refractivity contribution is -0.140. The summed E-state index contributed by atoms with van der Waals surface area (Å²) in [6.07, 6.45) is 6.31. The van der Waals surface area contributed by atoms with Crippen molar-refractivity contribution in [3.63, 3.8) is 0 Å². The number of esters is 1. The first-order valence-corrected chi connectivity index (χ1v) is 49.8. The Morgan fingerprint density at radius 3 is 1.06 bits per heavy atom. The van der Waals surface area contributed by atoms with Crippen LogP contribution in [0.3, 0.4) is 0 Å². The fourth-order valence-corrected chi connectivity index (χ4v) is 21.4. The number of halogens is 14. The summed E-state index contributed by atoms with van der Waals surface area (Å²) in [6, 6.07) is 44.5. The Morgan fingerprint density at radius 1 is 0.371 bits per heavy atom. The summed E-state index contributed by atoms with van der Waals surface area (Å²) in [4.78, 5) is 62.5. The lowest BCUT2D eigenvalue weighted by Gasteiger charge is -2.31. The Balaban J connectivity index is 0.000000176. The summed E-state index contributed by atoms with van der Waals surface area (Å²) in [5, 5.41) is 11.5. The van der Waals surface area contributed by atoms with Crippen LogP contribution in [0.25, 0.3) is 0 Å². The molecule has 4 amide bonds. The van der Waals surface area contributed by atoms with Crippen LogP contribution in [0.5, 0.6) is 5.75 Å². The van der Waals surface area contributed by atoms with Crippen molar-refractivity contribution in [1.82, 2.24) is 21.5 Å². The van der Waals surface area contributed by atoms with Crippen molar-refractivity contribution >= 4 is 208 Å². The number of piperidine rings is 5. The molecule has 0 bridgehead atoms. The Labute approximate surface area is 764 Å². The number of hydrogen-bond donors (Lipinski definition) is 4. The number of benzene rings is 8. The molecule has 8 aromatic rings. The number of rotatable bonds is 18. The highest BCUT2D eigenvalue weighted by molar-refractivity contribution is 9.11. The van der Waals surface area contributed by atoms with Gasteiger partial charge in [-0.25, -0.2) is 59.6 Å². The number of amides is 4. The highest BCUT2D eigenvalue weighted by Crippen LogP contribution is 2.36. The number of nitrogens with one attached hydrogen (secondary N) is 4. The fraction of sp³-hybridized carbons (Fsp3) is 0.338. The van der Waals surface area contributed by atoms with Gasteiger partial charge in [-0.15, -0.1) is 0 Å². The summed E-state index contributed by atoms with van der Waals surface area (Å²) < 4.78 is 213. The van der Waals surface area contributed by atoms with E-state index in [1.165, 1.54) is 65.8 Å². The van der Waals surface area contributed by atoms with Gasteiger partial charge < -0.3 is 26.0 Å². The van der Waals surface area contributed by atoms with Gasteiger partial charge in [-0.1, -0.05) is 110 Å². The van der Waals surface area contributed by atoms with Crippen molar-refractivity contribution in [2.24, 2.45) is 29.6 Å². The Bertz CT molecular complexity index is 5630. The number of alkyl halides is 3. The van der Waals surface area contributed by atoms with Gasteiger partial charge in [0.05, 0.1) is 75.6 Å². The number of ether oxygens (including phenoxy) is 1. The summed E-state index contributed by atoms with van der Waals surface area (Å²) in [7, 11) is -19.7. The molecule has 5 aliphatic rings. The van der Waals surface area contributed by atoms with E-state index >= 15 is 0 Å². The van der Waals surface area contributed by atoms with E-state index in [1.54, 1.807) is 109 Å².